The highest BCUT2D eigenvalue weighted by Gasteiger charge is 2.26. The van der Waals surface area contributed by atoms with Crippen molar-refractivity contribution in [2.24, 2.45) is 11.1 Å². The molecule has 1 heterocycles. The molecular weight excluding hydrogens is 246 g/mol. The van der Waals surface area contributed by atoms with Crippen molar-refractivity contribution < 1.29 is 14.7 Å². The van der Waals surface area contributed by atoms with E-state index in [1.165, 1.54) is 6.07 Å². The highest BCUT2D eigenvalue weighted by Crippen LogP contribution is 2.22. The summed E-state index contributed by atoms with van der Waals surface area (Å²) >= 11 is 0. The third kappa shape index (κ3) is 2.42. The summed E-state index contributed by atoms with van der Waals surface area (Å²) in [6, 6.07) is 4.69. The van der Waals surface area contributed by atoms with Crippen molar-refractivity contribution in [3.63, 3.8) is 0 Å². The molecule has 0 aliphatic carbocycles. The van der Waals surface area contributed by atoms with E-state index in [0.29, 0.717) is 17.6 Å². The molecule has 0 fully saturated rings. The quantitative estimate of drug-likeness (QED) is 0.865. The Morgan fingerprint density at radius 2 is 2.11 bits per heavy atom. The van der Waals surface area contributed by atoms with Crippen LogP contribution in [0.3, 0.4) is 0 Å². The molecular formula is C13H15N3O3. The van der Waals surface area contributed by atoms with E-state index in [0.717, 1.165) is 0 Å². The fourth-order valence-corrected chi connectivity index (χ4v) is 1.82. The third-order valence-electron chi connectivity index (χ3n) is 3.10. The van der Waals surface area contributed by atoms with Gasteiger partial charge in [0.2, 0.25) is 5.91 Å². The molecule has 0 aliphatic heterocycles. The van der Waals surface area contributed by atoms with Crippen molar-refractivity contribution in [3.05, 3.63) is 30.1 Å². The lowest BCUT2D eigenvalue weighted by molar-refractivity contribution is -0.126. The number of benzene rings is 1. The molecule has 3 N–H and O–H groups in total. The number of rotatable bonds is 4. The first-order chi connectivity index (χ1) is 8.81. The van der Waals surface area contributed by atoms with E-state index in [4.69, 9.17) is 10.8 Å². The van der Waals surface area contributed by atoms with Crippen molar-refractivity contribution in [1.29, 1.82) is 0 Å². The lowest BCUT2D eigenvalue weighted by Crippen LogP contribution is -2.35. The summed E-state index contributed by atoms with van der Waals surface area (Å²) in [6.07, 6.45) is 1.58. The van der Waals surface area contributed by atoms with Crippen molar-refractivity contribution in [1.82, 2.24) is 9.55 Å². The smallest absolute Gasteiger partial charge is 0.335 e. The molecule has 0 bridgehead atoms. The Morgan fingerprint density at radius 1 is 1.42 bits per heavy atom. The van der Waals surface area contributed by atoms with E-state index < -0.39 is 17.3 Å². The van der Waals surface area contributed by atoms with Crippen LogP contribution >= 0.6 is 0 Å². The molecule has 1 aromatic carbocycles. The van der Waals surface area contributed by atoms with Crippen molar-refractivity contribution in [3.8, 4) is 0 Å². The van der Waals surface area contributed by atoms with Crippen molar-refractivity contribution in [2.45, 2.75) is 20.4 Å². The number of nitrogens with zero attached hydrogens (tertiary/aromatic N) is 2. The minimum atomic E-state index is -0.996. The first kappa shape index (κ1) is 13.1. The number of imidazole rings is 1. The molecule has 0 spiro atoms. The molecule has 100 valence electrons. The van der Waals surface area contributed by atoms with E-state index in [1.807, 2.05) is 0 Å². The number of carboxylic acids is 1. The Kier molecular flexibility index (Phi) is 3.01. The summed E-state index contributed by atoms with van der Waals surface area (Å²) in [5.74, 6) is -1.41. The molecule has 6 heteroatoms. The number of carbonyl (C=O) groups is 2. The number of hydrogen-bond donors (Lipinski definition) is 2. The van der Waals surface area contributed by atoms with Gasteiger partial charge in [-0.3, -0.25) is 4.79 Å². The predicted octanol–water partition coefficient (Wildman–Crippen LogP) is 1.25. The van der Waals surface area contributed by atoms with Gasteiger partial charge in [-0.2, -0.15) is 0 Å². The number of carboxylic acid groups (broad SMARTS) is 1. The highest BCUT2D eigenvalue weighted by atomic mass is 16.4. The van der Waals surface area contributed by atoms with Gasteiger partial charge in [0.15, 0.2) is 0 Å². The molecule has 1 aromatic heterocycles. The SMILES string of the molecule is CC(C)(Cn1cnc2ccc(C(=O)O)cc21)C(N)=O. The number of primary amides is 1. The molecule has 2 rings (SSSR count). The zero-order valence-corrected chi connectivity index (χ0v) is 10.8. The lowest BCUT2D eigenvalue weighted by Gasteiger charge is -2.21. The summed E-state index contributed by atoms with van der Waals surface area (Å²) in [4.78, 5) is 26.5. The average Bonchev–Trinajstić information content (AvgIpc) is 2.71. The summed E-state index contributed by atoms with van der Waals surface area (Å²) in [7, 11) is 0. The van der Waals surface area contributed by atoms with Gasteiger partial charge in [0.25, 0.3) is 0 Å². The zero-order chi connectivity index (χ0) is 14.2. The molecule has 0 aliphatic rings. The molecule has 0 radical (unpaired) electrons. The van der Waals surface area contributed by atoms with Crippen LogP contribution in [0.25, 0.3) is 11.0 Å². The van der Waals surface area contributed by atoms with E-state index in [1.54, 1.807) is 36.9 Å². The van der Waals surface area contributed by atoms with Gasteiger partial charge in [-0.05, 0) is 32.0 Å². The fourth-order valence-electron chi connectivity index (χ4n) is 1.82. The van der Waals surface area contributed by atoms with Crippen LogP contribution in [-0.2, 0) is 11.3 Å². The van der Waals surface area contributed by atoms with E-state index >= 15 is 0 Å². The van der Waals surface area contributed by atoms with Crippen LogP contribution in [0.4, 0.5) is 0 Å². The predicted molar refractivity (Wildman–Crippen MR) is 69.7 cm³/mol. The number of fused-ring (bicyclic) bond motifs is 1. The van der Waals surface area contributed by atoms with Crippen LogP contribution in [0, 0.1) is 5.41 Å². The van der Waals surface area contributed by atoms with Gasteiger partial charge in [-0.1, -0.05) is 0 Å². The van der Waals surface area contributed by atoms with Crippen molar-refractivity contribution >= 4 is 22.9 Å². The maximum Gasteiger partial charge on any atom is 0.335 e. The summed E-state index contributed by atoms with van der Waals surface area (Å²) in [6.45, 7) is 3.83. The van der Waals surface area contributed by atoms with Gasteiger partial charge in [-0.25, -0.2) is 9.78 Å². The Morgan fingerprint density at radius 3 is 2.68 bits per heavy atom. The molecule has 6 nitrogen and oxygen atoms in total. The van der Waals surface area contributed by atoms with E-state index in [-0.39, 0.29) is 5.56 Å². The summed E-state index contributed by atoms with van der Waals surface area (Å²) in [5, 5.41) is 8.99. The second-order valence-electron chi connectivity index (χ2n) is 5.13. The number of amides is 1. The van der Waals surface area contributed by atoms with Crippen LogP contribution in [0.2, 0.25) is 0 Å². The Balaban J connectivity index is 2.47. The van der Waals surface area contributed by atoms with Gasteiger partial charge < -0.3 is 15.4 Å². The monoisotopic (exact) mass is 261 g/mol. The summed E-state index contributed by atoms with van der Waals surface area (Å²) < 4.78 is 1.74. The van der Waals surface area contributed by atoms with Crippen molar-refractivity contribution in [2.75, 3.05) is 0 Å². The number of carbonyl (C=O) groups excluding carboxylic acids is 1. The molecule has 0 unspecified atom stereocenters. The van der Waals surface area contributed by atoms with Gasteiger partial charge >= 0.3 is 5.97 Å². The molecule has 0 atom stereocenters. The summed E-state index contributed by atoms with van der Waals surface area (Å²) in [5.41, 5.74) is 6.16. The van der Waals surface area contributed by atoms with E-state index in [9.17, 15) is 9.59 Å². The van der Waals surface area contributed by atoms with Gasteiger partial charge in [0.05, 0.1) is 28.3 Å². The fraction of sp³-hybridized carbons (Fsp3) is 0.308. The Labute approximate surface area is 109 Å². The standard InChI is InChI=1S/C13H15N3O3/c1-13(2,12(14)19)6-16-7-15-9-4-3-8(11(17)18)5-10(9)16/h3-5,7H,6H2,1-2H3,(H2,14,19)(H,17,18). The normalized spacial score (nSPS) is 11.7. The number of hydrogen-bond acceptors (Lipinski definition) is 3. The second kappa shape index (κ2) is 4.38. The lowest BCUT2D eigenvalue weighted by atomic mass is 9.92. The molecule has 2 aromatic rings. The molecule has 19 heavy (non-hydrogen) atoms. The minimum Gasteiger partial charge on any atom is -0.478 e. The molecule has 1 amide bonds. The largest absolute Gasteiger partial charge is 0.478 e. The van der Waals surface area contributed by atoms with E-state index in [2.05, 4.69) is 4.98 Å². The number of aromatic nitrogens is 2. The molecule has 0 saturated carbocycles. The van der Waals surface area contributed by atoms with Crippen LogP contribution in [0.15, 0.2) is 24.5 Å². The maximum absolute atomic E-state index is 11.4. The van der Waals surface area contributed by atoms with Gasteiger partial charge in [-0.15, -0.1) is 0 Å². The first-order valence-electron chi connectivity index (χ1n) is 5.79. The number of nitrogens with two attached hydrogens (primary N) is 1. The maximum atomic E-state index is 11.4. The average molecular weight is 261 g/mol. The second-order valence-corrected chi connectivity index (χ2v) is 5.13. The zero-order valence-electron chi connectivity index (χ0n) is 10.8. The third-order valence-corrected chi connectivity index (χ3v) is 3.10. The van der Waals surface area contributed by atoms with Crippen LogP contribution in [0.1, 0.15) is 24.2 Å². The van der Waals surface area contributed by atoms with Gasteiger partial charge in [0, 0.05) is 6.54 Å². The molecule has 0 saturated heterocycles. The van der Waals surface area contributed by atoms with Gasteiger partial charge in [0.1, 0.15) is 0 Å². The van der Waals surface area contributed by atoms with Crippen LogP contribution in [-0.4, -0.2) is 26.5 Å². The Bertz CT molecular complexity index is 658. The minimum absolute atomic E-state index is 0.186. The van der Waals surface area contributed by atoms with Crippen LogP contribution in [0.5, 0.6) is 0 Å². The first-order valence-corrected chi connectivity index (χ1v) is 5.79. The Hall–Kier alpha value is -2.37. The number of aromatic carboxylic acids is 1. The topological polar surface area (TPSA) is 98.2 Å². The highest BCUT2D eigenvalue weighted by molar-refractivity contribution is 5.92. The van der Waals surface area contributed by atoms with Crippen LogP contribution < -0.4 is 5.73 Å².